The summed E-state index contributed by atoms with van der Waals surface area (Å²) in [6, 6.07) is 9.07. The van der Waals surface area contributed by atoms with E-state index >= 15 is 0 Å². The SMILES string of the molecule is CSc1cccc(C2C(N)C2(C)C)c1. The molecule has 0 aromatic heterocycles. The predicted octanol–water partition coefficient (Wildman–Crippen LogP) is 2.86. The van der Waals surface area contributed by atoms with Gasteiger partial charge in [-0.15, -0.1) is 11.8 Å². The number of thioether (sulfide) groups is 1. The van der Waals surface area contributed by atoms with E-state index in [0.717, 1.165) is 0 Å². The van der Waals surface area contributed by atoms with Crippen molar-refractivity contribution in [2.45, 2.75) is 30.7 Å². The smallest absolute Gasteiger partial charge is 0.0172 e. The lowest BCUT2D eigenvalue weighted by molar-refractivity contribution is 0.599. The number of rotatable bonds is 2. The first-order chi connectivity index (χ1) is 6.57. The van der Waals surface area contributed by atoms with Crippen molar-refractivity contribution in [2.24, 2.45) is 11.1 Å². The van der Waals surface area contributed by atoms with E-state index in [1.54, 1.807) is 11.8 Å². The number of hydrogen-bond donors (Lipinski definition) is 1. The lowest BCUT2D eigenvalue weighted by atomic mass is 10.0. The van der Waals surface area contributed by atoms with Gasteiger partial charge in [0, 0.05) is 16.9 Å². The van der Waals surface area contributed by atoms with Gasteiger partial charge in [-0.3, -0.25) is 0 Å². The molecule has 1 aromatic rings. The molecule has 14 heavy (non-hydrogen) atoms. The Morgan fingerprint density at radius 1 is 1.36 bits per heavy atom. The molecule has 2 N–H and O–H groups in total. The molecule has 1 aliphatic rings. The fraction of sp³-hybridized carbons (Fsp3) is 0.500. The molecule has 76 valence electrons. The second-order valence-electron chi connectivity index (χ2n) is 4.60. The summed E-state index contributed by atoms with van der Waals surface area (Å²) in [7, 11) is 0. The Bertz CT molecular complexity index is 346. The zero-order chi connectivity index (χ0) is 10.3. The fourth-order valence-electron chi connectivity index (χ4n) is 2.15. The average molecular weight is 207 g/mol. The molecular formula is C12H17NS. The maximum Gasteiger partial charge on any atom is 0.0172 e. The Morgan fingerprint density at radius 2 is 2.00 bits per heavy atom. The zero-order valence-electron chi connectivity index (χ0n) is 8.95. The summed E-state index contributed by atoms with van der Waals surface area (Å²) in [6.45, 7) is 4.49. The van der Waals surface area contributed by atoms with Crippen molar-refractivity contribution in [1.82, 2.24) is 0 Å². The van der Waals surface area contributed by atoms with Gasteiger partial charge in [-0.1, -0.05) is 26.0 Å². The van der Waals surface area contributed by atoms with Gasteiger partial charge in [-0.25, -0.2) is 0 Å². The Morgan fingerprint density at radius 3 is 2.50 bits per heavy atom. The number of nitrogens with two attached hydrogens (primary N) is 1. The second-order valence-corrected chi connectivity index (χ2v) is 5.48. The standard InChI is InChI=1S/C12H17NS/c1-12(2)10(11(12)13)8-5-4-6-9(7-8)14-3/h4-7,10-11H,13H2,1-3H3. The van der Waals surface area contributed by atoms with Gasteiger partial charge in [-0.2, -0.15) is 0 Å². The summed E-state index contributed by atoms with van der Waals surface area (Å²) < 4.78 is 0. The third kappa shape index (κ3) is 1.47. The number of benzene rings is 1. The van der Waals surface area contributed by atoms with Crippen LogP contribution in [0.3, 0.4) is 0 Å². The van der Waals surface area contributed by atoms with Crippen LogP contribution in [-0.4, -0.2) is 12.3 Å². The van der Waals surface area contributed by atoms with Crippen molar-refractivity contribution in [3.8, 4) is 0 Å². The average Bonchev–Trinajstić information content (AvgIpc) is 2.66. The first kappa shape index (κ1) is 10.1. The molecule has 1 aliphatic carbocycles. The van der Waals surface area contributed by atoms with Gasteiger partial charge in [0.25, 0.3) is 0 Å². The van der Waals surface area contributed by atoms with Crippen molar-refractivity contribution in [3.05, 3.63) is 29.8 Å². The quantitative estimate of drug-likeness (QED) is 0.755. The molecule has 0 spiro atoms. The van der Waals surface area contributed by atoms with E-state index in [-0.39, 0.29) is 5.41 Å². The Balaban J connectivity index is 2.26. The molecule has 1 saturated carbocycles. The highest BCUT2D eigenvalue weighted by atomic mass is 32.2. The zero-order valence-corrected chi connectivity index (χ0v) is 9.77. The second kappa shape index (κ2) is 3.28. The van der Waals surface area contributed by atoms with E-state index in [9.17, 15) is 0 Å². The van der Waals surface area contributed by atoms with Crippen LogP contribution in [0.5, 0.6) is 0 Å². The van der Waals surface area contributed by atoms with Crippen LogP contribution in [0, 0.1) is 5.41 Å². The fourth-order valence-corrected chi connectivity index (χ4v) is 2.62. The van der Waals surface area contributed by atoms with E-state index in [4.69, 9.17) is 5.73 Å². The van der Waals surface area contributed by atoms with Gasteiger partial charge >= 0.3 is 0 Å². The van der Waals surface area contributed by atoms with Crippen molar-refractivity contribution >= 4 is 11.8 Å². The van der Waals surface area contributed by atoms with E-state index < -0.39 is 0 Å². The number of hydrogen-bond acceptors (Lipinski definition) is 2. The molecule has 2 heteroatoms. The molecule has 0 amide bonds. The van der Waals surface area contributed by atoms with Crippen LogP contribution >= 0.6 is 11.8 Å². The predicted molar refractivity (Wildman–Crippen MR) is 62.7 cm³/mol. The van der Waals surface area contributed by atoms with Gasteiger partial charge in [0.15, 0.2) is 0 Å². The van der Waals surface area contributed by atoms with Crippen molar-refractivity contribution in [1.29, 1.82) is 0 Å². The third-order valence-electron chi connectivity index (χ3n) is 3.36. The van der Waals surface area contributed by atoms with Crippen molar-refractivity contribution in [2.75, 3.05) is 6.26 Å². The summed E-state index contributed by atoms with van der Waals surface area (Å²) in [6.07, 6.45) is 2.11. The van der Waals surface area contributed by atoms with Crippen LogP contribution in [0.25, 0.3) is 0 Å². The van der Waals surface area contributed by atoms with Gasteiger partial charge in [0.2, 0.25) is 0 Å². The first-order valence-corrected chi connectivity index (χ1v) is 6.19. The molecule has 0 aliphatic heterocycles. The summed E-state index contributed by atoms with van der Waals surface area (Å²) in [4.78, 5) is 1.33. The van der Waals surface area contributed by atoms with Crippen LogP contribution in [-0.2, 0) is 0 Å². The molecule has 0 heterocycles. The third-order valence-corrected chi connectivity index (χ3v) is 4.09. The Labute approximate surface area is 90.1 Å². The summed E-state index contributed by atoms with van der Waals surface area (Å²) >= 11 is 1.79. The summed E-state index contributed by atoms with van der Waals surface area (Å²) in [5.74, 6) is 0.551. The van der Waals surface area contributed by atoms with Gasteiger partial charge in [0.05, 0.1) is 0 Å². The molecular weight excluding hydrogens is 190 g/mol. The molecule has 0 radical (unpaired) electrons. The minimum atomic E-state index is 0.289. The minimum absolute atomic E-state index is 0.289. The molecule has 0 saturated heterocycles. The molecule has 0 bridgehead atoms. The molecule has 1 aromatic carbocycles. The van der Waals surface area contributed by atoms with Gasteiger partial charge in [0.1, 0.15) is 0 Å². The molecule has 2 atom stereocenters. The largest absolute Gasteiger partial charge is 0.327 e. The van der Waals surface area contributed by atoms with Crippen LogP contribution in [0.2, 0.25) is 0 Å². The highest BCUT2D eigenvalue weighted by Crippen LogP contribution is 2.57. The topological polar surface area (TPSA) is 26.0 Å². The maximum atomic E-state index is 6.06. The van der Waals surface area contributed by atoms with Crippen LogP contribution in [0.15, 0.2) is 29.2 Å². The highest BCUT2D eigenvalue weighted by molar-refractivity contribution is 7.98. The van der Waals surface area contributed by atoms with Crippen molar-refractivity contribution < 1.29 is 0 Å². The molecule has 1 fully saturated rings. The Kier molecular flexibility index (Phi) is 2.36. The van der Waals surface area contributed by atoms with E-state index in [1.165, 1.54) is 10.5 Å². The van der Waals surface area contributed by atoms with E-state index in [0.29, 0.717) is 12.0 Å². The normalized spacial score (nSPS) is 28.9. The lowest BCUT2D eigenvalue weighted by Gasteiger charge is -2.04. The van der Waals surface area contributed by atoms with Crippen LogP contribution in [0.4, 0.5) is 0 Å². The maximum absolute atomic E-state index is 6.06. The molecule has 2 unspecified atom stereocenters. The monoisotopic (exact) mass is 207 g/mol. The summed E-state index contributed by atoms with van der Waals surface area (Å²) in [5.41, 5.74) is 7.75. The Hall–Kier alpha value is -0.470. The highest BCUT2D eigenvalue weighted by Gasteiger charge is 2.55. The summed E-state index contributed by atoms with van der Waals surface area (Å²) in [5, 5.41) is 0. The molecule has 1 nitrogen and oxygen atoms in total. The van der Waals surface area contributed by atoms with Crippen LogP contribution in [0.1, 0.15) is 25.3 Å². The molecule has 2 rings (SSSR count). The first-order valence-electron chi connectivity index (χ1n) is 4.97. The van der Waals surface area contributed by atoms with Gasteiger partial charge < -0.3 is 5.73 Å². The lowest BCUT2D eigenvalue weighted by Crippen LogP contribution is -2.06. The van der Waals surface area contributed by atoms with Crippen molar-refractivity contribution in [3.63, 3.8) is 0 Å². The van der Waals surface area contributed by atoms with Gasteiger partial charge in [-0.05, 0) is 29.4 Å². The van der Waals surface area contributed by atoms with Crippen LogP contribution < -0.4 is 5.73 Å². The van der Waals surface area contributed by atoms with E-state index in [2.05, 4.69) is 44.4 Å². The van der Waals surface area contributed by atoms with E-state index in [1.807, 2.05) is 0 Å². The minimum Gasteiger partial charge on any atom is -0.327 e.